The molecule has 0 heterocycles. The van der Waals surface area contributed by atoms with Crippen LogP contribution in [0, 0.1) is 0 Å². The molecule has 0 saturated carbocycles. The van der Waals surface area contributed by atoms with Crippen LogP contribution in [0.1, 0.15) is 32.1 Å². The van der Waals surface area contributed by atoms with Crippen molar-refractivity contribution in [3.8, 4) is 0 Å². The maximum absolute atomic E-state index is 11.0. The van der Waals surface area contributed by atoms with E-state index in [1.165, 1.54) is 7.11 Å². The molecule has 0 amide bonds. The summed E-state index contributed by atoms with van der Waals surface area (Å²) in [5.41, 5.74) is 0. The van der Waals surface area contributed by atoms with Crippen molar-refractivity contribution in [1.82, 2.24) is 15.5 Å². The third kappa shape index (κ3) is 14.0. The van der Waals surface area contributed by atoms with Crippen molar-refractivity contribution < 1.29 is 14.3 Å². The Labute approximate surface area is 140 Å². The zero-order valence-electron chi connectivity index (χ0n) is 15.2. The molecule has 7 nitrogen and oxygen atoms in total. The number of hydrogen-bond donors (Lipinski definition) is 2. The van der Waals surface area contributed by atoms with Gasteiger partial charge in [0.05, 0.1) is 7.11 Å². The molecule has 0 saturated heterocycles. The molecule has 0 atom stereocenters. The summed E-state index contributed by atoms with van der Waals surface area (Å²) < 4.78 is 9.66. The Morgan fingerprint density at radius 1 is 1.04 bits per heavy atom. The average Bonchev–Trinajstić information content (AvgIpc) is 2.56. The minimum atomic E-state index is -0.134. The van der Waals surface area contributed by atoms with Crippen LogP contribution in [0.25, 0.3) is 0 Å². The van der Waals surface area contributed by atoms with E-state index in [-0.39, 0.29) is 5.97 Å². The quantitative estimate of drug-likeness (QED) is 0.226. The van der Waals surface area contributed by atoms with Crippen LogP contribution in [0.2, 0.25) is 0 Å². The number of hydrogen-bond acceptors (Lipinski definition) is 5. The van der Waals surface area contributed by atoms with E-state index in [9.17, 15) is 4.79 Å². The van der Waals surface area contributed by atoms with Gasteiger partial charge in [0.15, 0.2) is 5.96 Å². The molecule has 0 aromatic heterocycles. The van der Waals surface area contributed by atoms with Crippen LogP contribution in [0.4, 0.5) is 0 Å². The highest BCUT2D eigenvalue weighted by atomic mass is 16.5. The van der Waals surface area contributed by atoms with Crippen molar-refractivity contribution in [3.05, 3.63) is 0 Å². The van der Waals surface area contributed by atoms with Crippen LogP contribution in [0.3, 0.4) is 0 Å². The first-order chi connectivity index (χ1) is 11.1. The van der Waals surface area contributed by atoms with Crippen LogP contribution in [-0.2, 0) is 14.3 Å². The van der Waals surface area contributed by atoms with Gasteiger partial charge in [-0.3, -0.25) is 9.79 Å². The molecule has 7 heteroatoms. The molecule has 136 valence electrons. The molecule has 0 spiro atoms. The molecule has 0 aliphatic rings. The second kappa shape index (κ2) is 15.6. The smallest absolute Gasteiger partial charge is 0.305 e. The maximum atomic E-state index is 11.0. The minimum Gasteiger partial charge on any atom is -0.469 e. The molecule has 0 rings (SSSR count). The lowest BCUT2D eigenvalue weighted by atomic mass is 10.2. The Balaban J connectivity index is 3.58. The first-order valence-electron chi connectivity index (χ1n) is 8.32. The van der Waals surface area contributed by atoms with Crippen molar-refractivity contribution in [2.45, 2.75) is 32.1 Å². The number of carbonyl (C=O) groups excluding carboxylic acids is 1. The van der Waals surface area contributed by atoms with Crippen LogP contribution >= 0.6 is 0 Å². The van der Waals surface area contributed by atoms with Gasteiger partial charge in [-0.2, -0.15) is 0 Å². The summed E-state index contributed by atoms with van der Waals surface area (Å²) in [6, 6.07) is 0. The summed E-state index contributed by atoms with van der Waals surface area (Å²) in [6.07, 6.45) is 4.42. The molecule has 0 aromatic rings. The number of nitrogens with zero attached hydrogens (tertiary/aromatic N) is 2. The Hall–Kier alpha value is -1.34. The van der Waals surface area contributed by atoms with Gasteiger partial charge in [0.2, 0.25) is 0 Å². The summed E-state index contributed by atoms with van der Waals surface area (Å²) in [5, 5.41) is 6.58. The first kappa shape index (κ1) is 21.7. The lowest BCUT2D eigenvalue weighted by Gasteiger charge is -2.18. The molecule has 0 radical (unpaired) electrons. The van der Waals surface area contributed by atoms with Crippen molar-refractivity contribution in [3.63, 3.8) is 0 Å². The Morgan fingerprint density at radius 2 is 1.78 bits per heavy atom. The van der Waals surface area contributed by atoms with E-state index < -0.39 is 0 Å². The van der Waals surface area contributed by atoms with E-state index >= 15 is 0 Å². The third-order valence-electron chi connectivity index (χ3n) is 3.48. The number of nitrogens with one attached hydrogen (secondary N) is 2. The fourth-order valence-corrected chi connectivity index (χ4v) is 2.06. The monoisotopic (exact) mass is 330 g/mol. The molecule has 0 bridgehead atoms. The molecule has 0 aromatic carbocycles. The summed E-state index contributed by atoms with van der Waals surface area (Å²) in [5.74, 6) is 0.688. The topological polar surface area (TPSA) is 75.2 Å². The summed E-state index contributed by atoms with van der Waals surface area (Å²) >= 11 is 0. The number of guanidine groups is 1. The second-order valence-electron chi connectivity index (χ2n) is 5.46. The summed E-state index contributed by atoms with van der Waals surface area (Å²) in [7, 11) is 7.03. The second-order valence-corrected chi connectivity index (χ2v) is 5.46. The van der Waals surface area contributed by atoms with E-state index in [4.69, 9.17) is 4.74 Å². The number of ether oxygens (including phenoxy) is 2. The number of carbonyl (C=O) groups is 1. The lowest BCUT2D eigenvalue weighted by Crippen LogP contribution is -2.41. The fourth-order valence-electron chi connectivity index (χ4n) is 2.06. The SMILES string of the molecule is CN=C(NCCCCCC(=O)OC)NCCN(C)CCCOC. The minimum absolute atomic E-state index is 0.134. The molecule has 0 fully saturated rings. The molecule has 0 aliphatic heterocycles. The highest BCUT2D eigenvalue weighted by molar-refractivity contribution is 5.79. The lowest BCUT2D eigenvalue weighted by molar-refractivity contribution is -0.140. The first-order valence-corrected chi connectivity index (χ1v) is 8.32. The molecular formula is C16H34N4O3. The van der Waals surface area contributed by atoms with Crippen LogP contribution in [0.5, 0.6) is 0 Å². The highest BCUT2D eigenvalue weighted by Gasteiger charge is 2.01. The molecule has 23 heavy (non-hydrogen) atoms. The normalized spacial score (nSPS) is 11.6. The third-order valence-corrected chi connectivity index (χ3v) is 3.48. The van der Waals surface area contributed by atoms with Crippen molar-refractivity contribution in [2.24, 2.45) is 4.99 Å². The summed E-state index contributed by atoms with van der Waals surface area (Å²) in [4.78, 5) is 17.4. The van der Waals surface area contributed by atoms with Gasteiger partial charge in [-0.15, -0.1) is 0 Å². The van der Waals surface area contributed by atoms with E-state index in [0.29, 0.717) is 6.42 Å². The number of esters is 1. The van der Waals surface area contributed by atoms with Crippen molar-refractivity contribution in [2.75, 3.05) is 61.1 Å². The van der Waals surface area contributed by atoms with Crippen LogP contribution < -0.4 is 10.6 Å². The molecular weight excluding hydrogens is 296 g/mol. The van der Waals surface area contributed by atoms with Gasteiger partial charge in [0.25, 0.3) is 0 Å². The standard InChI is InChI=1S/C16H34N4O3/c1-17-16(18-10-7-5-6-9-15(21)23-4)19-11-13-20(2)12-8-14-22-3/h5-14H2,1-4H3,(H2,17,18,19). The average molecular weight is 330 g/mol. The zero-order valence-corrected chi connectivity index (χ0v) is 15.2. The van der Waals surface area contributed by atoms with Crippen LogP contribution in [0.15, 0.2) is 4.99 Å². The van der Waals surface area contributed by atoms with Gasteiger partial charge in [0, 0.05) is 53.4 Å². The van der Waals surface area contributed by atoms with Gasteiger partial charge in [0.1, 0.15) is 0 Å². The van der Waals surface area contributed by atoms with E-state index in [1.807, 2.05) is 0 Å². The molecule has 0 unspecified atom stereocenters. The van der Waals surface area contributed by atoms with Gasteiger partial charge in [-0.1, -0.05) is 6.42 Å². The van der Waals surface area contributed by atoms with Gasteiger partial charge >= 0.3 is 5.97 Å². The van der Waals surface area contributed by atoms with Gasteiger partial charge < -0.3 is 25.0 Å². The highest BCUT2D eigenvalue weighted by Crippen LogP contribution is 1.99. The van der Waals surface area contributed by atoms with Gasteiger partial charge in [-0.05, 0) is 26.3 Å². The number of aliphatic imine (C=N–C) groups is 1. The Kier molecular flexibility index (Phi) is 14.6. The van der Waals surface area contributed by atoms with E-state index in [0.717, 1.165) is 64.4 Å². The predicted molar refractivity (Wildman–Crippen MR) is 93.8 cm³/mol. The summed E-state index contributed by atoms with van der Waals surface area (Å²) in [6.45, 7) is 4.50. The Bertz CT molecular complexity index is 324. The van der Waals surface area contributed by atoms with Crippen molar-refractivity contribution >= 4 is 11.9 Å². The van der Waals surface area contributed by atoms with Crippen LogP contribution in [-0.4, -0.2) is 77.9 Å². The number of unbranched alkanes of at least 4 members (excludes halogenated alkanes) is 2. The predicted octanol–water partition coefficient (Wildman–Crippen LogP) is 0.853. The zero-order chi connectivity index (χ0) is 17.3. The Morgan fingerprint density at radius 3 is 2.43 bits per heavy atom. The fraction of sp³-hybridized carbons (Fsp3) is 0.875. The number of likely N-dealkylation sites (N-methyl/N-ethyl adjacent to an activating group) is 1. The maximum Gasteiger partial charge on any atom is 0.305 e. The molecule has 0 aliphatic carbocycles. The van der Waals surface area contributed by atoms with E-state index in [2.05, 4.69) is 32.3 Å². The van der Waals surface area contributed by atoms with E-state index in [1.54, 1.807) is 14.2 Å². The number of methoxy groups -OCH3 is 2. The van der Waals surface area contributed by atoms with Gasteiger partial charge in [-0.25, -0.2) is 0 Å². The number of rotatable bonds is 13. The largest absolute Gasteiger partial charge is 0.469 e. The van der Waals surface area contributed by atoms with Crippen molar-refractivity contribution in [1.29, 1.82) is 0 Å². The molecule has 2 N–H and O–H groups in total.